The maximum atomic E-state index is 5.87. The molecule has 2 N–H and O–H groups in total. The monoisotopic (exact) mass is 524 g/mol. The van der Waals surface area contributed by atoms with Crippen LogP contribution in [0.1, 0.15) is 36.9 Å². The van der Waals surface area contributed by atoms with E-state index in [1.807, 2.05) is 37.4 Å². The number of benzene rings is 1. The highest BCUT2D eigenvalue weighted by atomic mass is 127. The van der Waals surface area contributed by atoms with Gasteiger partial charge >= 0.3 is 0 Å². The van der Waals surface area contributed by atoms with Gasteiger partial charge in [0.25, 0.3) is 0 Å². The zero-order chi connectivity index (χ0) is 20.4. The summed E-state index contributed by atoms with van der Waals surface area (Å²) >= 11 is 0. The fraction of sp³-hybridized carbons (Fsp3) is 0.478. The molecular formula is C23H33IN4O2. The van der Waals surface area contributed by atoms with Crippen LogP contribution in [0.15, 0.2) is 53.7 Å². The van der Waals surface area contributed by atoms with Crippen LogP contribution in [0, 0.1) is 5.41 Å². The van der Waals surface area contributed by atoms with Gasteiger partial charge in [-0.2, -0.15) is 0 Å². The molecule has 0 aliphatic heterocycles. The molecular weight excluding hydrogens is 491 g/mol. The zero-order valence-electron chi connectivity index (χ0n) is 17.9. The lowest BCUT2D eigenvalue weighted by Crippen LogP contribution is -2.46. The van der Waals surface area contributed by atoms with E-state index >= 15 is 0 Å². The number of hydrogen-bond donors (Lipinski definition) is 2. The molecule has 2 aromatic rings. The summed E-state index contributed by atoms with van der Waals surface area (Å²) in [4.78, 5) is 8.66. The zero-order valence-corrected chi connectivity index (χ0v) is 20.2. The number of nitrogens with one attached hydrogen (secondary N) is 2. The Hall–Kier alpha value is -1.87. The Morgan fingerprint density at radius 1 is 1.17 bits per heavy atom. The number of guanidine groups is 1. The van der Waals surface area contributed by atoms with E-state index < -0.39 is 0 Å². The first-order valence-electron chi connectivity index (χ1n) is 10.3. The third-order valence-electron chi connectivity index (χ3n) is 5.58. The van der Waals surface area contributed by atoms with Crippen LogP contribution in [0.5, 0.6) is 5.75 Å². The molecule has 7 heteroatoms. The van der Waals surface area contributed by atoms with Crippen molar-refractivity contribution in [2.75, 3.05) is 27.3 Å². The summed E-state index contributed by atoms with van der Waals surface area (Å²) in [5.74, 6) is 1.67. The lowest BCUT2D eigenvalue weighted by atomic mass is 9.67. The maximum absolute atomic E-state index is 5.87. The highest BCUT2D eigenvalue weighted by Crippen LogP contribution is 2.43. The van der Waals surface area contributed by atoms with Crippen molar-refractivity contribution in [2.24, 2.45) is 10.4 Å². The molecule has 1 aliphatic rings. The van der Waals surface area contributed by atoms with Gasteiger partial charge in [-0.3, -0.25) is 9.98 Å². The van der Waals surface area contributed by atoms with E-state index in [4.69, 9.17) is 9.47 Å². The van der Waals surface area contributed by atoms with E-state index in [1.165, 1.54) is 19.3 Å². The van der Waals surface area contributed by atoms with Crippen molar-refractivity contribution in [1.29, 1.82) is 0 Å². The number of hydrogen-bond acceptors (Lipinski definition) is 4. The topological polar surface area (TPSA) is 67.8 Å². The van der Waals surface area contributed by atoms with Gasteiger partial charge in [-0.15, -0.1) is 24.0 Å². The van der Waals surface area contributed by atoms with E-state index in [9.17, 15) is 0 Å². The van der Waals surface area contributed by atoms with Gasteiger partial charge in [0.15, 0.2) is 5.96 Å². The third kappa shape index (κ3) is 7.43. The Bertz CT molecular complexity index is 782. The molecule has 30 heavy (non-hydrogen) atoms. The molecule has 1 saturated carbocycles. The third-order valence-corrected chi connectivity index (χ3v) is 5.58. The second-order valence-corrected chi connectivity index (χ2v) is 7.63. The number of aromatic nitrogens is 1. The van der Waals surface area contributed by atoms with Crippen LogP contribution in [0.3, 0.4) is 0 Å². The van der Waals surface area contributed by atoms with Crippen molar-refractivity contribution in [3.63, 3.8) is 0 Å². The number of rotatable bonds is 10. The number of nitrogens with zero attached hydrogens (tertiary/aromatic N) is 2. The Kier molecular flexibility index (Phi) is 10.4. The first kappa shape index (κ1) is 24.4. The molecule has 0 spiro atoms. The quantitative estimate of drug-likeness (QED) is 0.278. The van der Waals surface area contributed by atoms with Crippen molar-refractivity contribution in [2.45, 2.75) is 38.8 Å². The van der Waals surface area contributed by atoms with Crippen LogP contribution in [-0.4, -0.2) is 38.3 Å². The standard InChI is InChI=1S/C23H32N4O2.HI/c1-24-22(27-18-23(10-6-11-23)12-14-28-2)26-16-19-7-5-9-21(15-19)29-17-20-8-3-4-13-25-20;/h3-5,7-9,13,15H,6,10-12,14,16-18H2,1-2H3,(H2,24,26,27);1H. The number of halogens is 1. The summed E-state index contributed by atoms with van der Waals surface area (Å²) in [5, 5.41) is 6.90. The average Bonchev–Trinajstić information content (AvgIpc) is 2.74. The lowest BCUT2D eigenvalue weighted by Gasteiger charge is -2.42. The Balaban J connectivity index is 0.00000320. The molecule has 0 radical (unpaired) electrons. The van der Waals surface area contributed by atoms with E-state index in [0.717, 1.165) is 42.5 Å². The molecule has 3 rings (SSSR count). The van der Waals surface area contributed by atoms with Gasteiger partial charge in [0.2, 0.25) is 0 Å². The minimum atomic E-state index is 0. The smallest absolute Gasteiger partial charge is 0.191 e. The Morgan fingerprint density at radius 3 is 2.70 bits per heavy atom. The van der Waals surface area contributed by atoms with Crippen molar-refractivity contribution in [3.05, 3.63) is 59.9 Å². The SMILES string of the molecule is CN=C(NCc1cccc(OCc2ccccn2)c1)NCC1(CCOC)CCC1.I. The maximum Gasteiger partial charge on any atom is 0.191 e. The molecule has 1 aromatic carbocycles. The Morgan fingerprint density at radius 2 is 2.03 bits per heavy atom. The van der Waals surface area contributed by atoms with Crippen molar-refractivity contribution in [1.82, 2.24) is 15.6 Å². The Labute approximate surface area is 196 Å². The van der Waals surface area contributed by atoms with Crippen LogP contribution in [-0.2, 0) is 17.9 Å². The highest BCUT2D eigenvalue weighted by Gasteiger charge is 2.36. The van der Waals surface area contributed by atoms with Gasteiger partial charge in [-0.05, 0) is 54.5 Å². The predicted octanol–water partition coefficient (Wildman–Crippen LogP) is 4.15. The highest BCUT2D eigenvalue weighted by molar-refractivity contribution is 14.0. The first-order valence-corrected chi connectivity index (χ1v) is 10.3. The van der Waals surface area contributed by atoms with Gasteiger partial charge in [0.05, 0.1) is 5.69 Å². The summed E-state index contributed by atoms with van der Waals surface area (Å²) in [6.07, 6.45) is 6.71. The molecule has 1 heterocycles. The van der Waals surface area contributed by atoms with Gasteiger partial charge in [-0.1, -0.05) is 24.6 Å². The minimum Gasteiger partial charge on any atom is -0.487 e. The van der Waals surface area contributed by atoms with E-state index in [2.05, 4.69) is 32.7 Å². The van der Waals surface area contributed by atoms with Crippen molar-refractivity contribution in [3.8, 4) is 5.75 Å². The van der Waals surface area contributed by atoms with E-state index in [-0.39, 0.29) is 24.0 Å². The van der Waals surface area contributed by atoms with Crippen LogP contribution >= 0.6 is 24.0 Å². The number of aliphatic imine (C=N–C) groups is 1. The van der Waals surface area contributed by atoms with Crippen LogP contribution in [0.25, 0.3) is 0 Å². The van der Waals surface area contributed by atoms with E-state index in [1.54, 1.807) is 13.3 Å². The molecule has 0 saturated heterocycles. The lowest BCUT2D eigenvalue weighted by molar-refractivity contribution is 0.0732. The van der Waals surface area contributed by atoms with Crippen molar-refractivity contribution < 1.29 is 9.47 Å². The fourth-order valence-electron chi connectivity index (χ4n) is 3.57. The molecule has 0 bridgehead atoms. The fourth-order valence-corrected chi connectivity index (χ4v) is 3.57. The van der Waals surface area contributed by atoms with Gasteiger partial charge in [-0.25, -0.2) is 0 Å². The molecule has 0 amide bonds. The molecule has 0 unspecified atom stereocenters. The second kappa shape index (κ2) is 12.7. The summed E-state index contributed by atoms with van der Waals surface area (Å²) in [5.41, 5.74) is 2.41. The number of pyridine rings is 1. The van der Waals surface area contributed by atoms with Gasteiger partial charge < -0.3 is 20.1 Å². The average molecular weight is 524 g/mol. The number of methoxy groups -OCH3 is 1. The van der Waals surface area contributed by atoms with Crippen molar-refractivity contribution >= 4 is 29.9 Å². The van der Waals surface area contributed by atoms with Crippen LogP contribution < -0.4 is 15.4 Å². The number of ether oxygens (including phenoxy) is 2. The predicted molar refractivity (Wildman–Crippen MR) is 131 cm³/mol. The summed E-state index contributed by atoms with van der Waals surface area (Å²) in [6, 6.07) is 13.9. The second-order valence-electron chi connectivity index (χ2n) is 7.63. The summed E-state index contributed by atoms with van der Waals surface area (Å²) in [7, 11) is 3.58. The van der Waals surface area contributed by atoms with E-state index in [0.29, 0.717) is 18.6 Å². The molecule has 6 nitrogen and oxygen atoms in total. The van der Waals surface area contributed by atoms with Gasteiger partial charge in [0.1, 0.15) is 12.4 Å². The normalized spacial score (nSPS) is 14.9. The molecule has 0 atom stereocenters. The van der Waals surface area contributed by atoms with Crippen LogP contribution in [0.4, 0.5) is 0 Å². The minimum absolute atomic E-state index is 0. The van der Waals surface area contributed by atoms with Gasteiger partial charge in [0, 0.05) is 40.1 Å². The molecule has 164 valence electrons. The first-order chi connectivity index (χ1) is 14.2. The summed E-state index contributed by atoms with van der Waals surface area (Å²) in [6.45, 7) is 2.90. The largest absolute Gasteiger partial charge is 0.487 e. The van der Waals surface area contributed by atoms with Crippen LogP contribution in [0.2, 0.25) is 0 Å². The molecule has 1 aliphatic carbocycles. The molecule has 1 fully saturated rings. The summed E-state index contributed by atoms with van der Waals surface area (Å²) < 4.78 is 11.2. The molecule has 1 aromatic heterocycles.